The normalized spacial score (nSPS) is 12.2. The van der Waals surface area contributed by atoms with Gasteiger partial charge < -0.3 is 11.1 Å². The molecule has 106 valence electrons. The van der Waals surface area contributed by atoms with Gasteiger partial charge in [-0.25, -0.2) is 0 Å². The number of nitrogens with one attached hydrogen (secondary N) is 1. The zero-order valence-electron chi connectivity index (χ0n) is 10.9. The Kier molecular flexibility index (Phi) is 3.89. The van der Waals surface area contributed by atoms with E-state index >= 15 is 0 Å². The van der Waals surface area contributed by atoms with Gasteiger partial charge in [-0.1, -0.05) is 0 Å². The fourth-order valence-electron chi connectivity index (χ4n) is 1.71. The van der Waals surface area contributed by atoms with Crippen LogP contribution in [0.3, 0.4) is 0 Å². The SMILES string of the molecule is CC(C(=O)Nc1cnn(C)c1C(N)=O)n1cc(Br)cn1. The molecule has 0 aliphatic carbocycles. The number of hydrogen-bond acceptors (Lipinski definition) is 4. The van der Waals surface area contributed by atoms with E-state index in [2.05, 4.69) is 31.4 Å². The van der Waals surface area contributed by atoms with Crippen molar-refractivity contribution in [3.8, 4) is 0 Å². The Bertz CT molecular complexity index is 662. The molecule has 2 aromatic heterocycles. The molecule has 1 unspecified atom stereocenters. The predicted octanol–water partition coefficient (Wildman–Crippen LogP) is 0.678. The minimum Gasteiger partial charge on any atom is -0.364 e. The molecule has 3 N–H and O–H groups in total. The number of carbonyl (C=O) groups excluding carboxylic acids is 2. The summed E-state index contributed by atoms with van der Waals surface area (Å²) >= 11 is 3.26. The Morgan fingerprint density at radius 2 is 2.10 bits per heavy atom. The van der Waals surface area contributed by atoms with Crippen LogP contribution in [0.15, 0.2) is 23.1 Å². The first kappa shape index (κ1) is 14.3. The van der Waals surface area contributed by atoms with Crippen molar-refractivity contribution in [2.45, 2.75) is 13.0 Å². The molecule has 9 heteroatoms. The Hall–Kier alpha value is -2.16. The highest BCUT2D eigenvalue weighted by atomic mass is 79.9. The second-order valence-electron chi connectivity index (χ2n) is 4.20. The molecule has 2 heterocycles. The van der Waals surface area contributed by atoms with Crippen LogP contribution in [-0.4, -0.2) is 31.4 Å². The zero-order chi connectivity index (χ0) is 14.9. The fourth-order valence-corrected chi connectivity index (χ4v) is 2.01. The first-order valence-corrected chi connectivity index (χ1v) is 6.51. The number of anilines is 1. The third-order valence-electron chi connectivity index (χ3n) is 2.78. The number of hydrogen-bond donors (Lipinski definition) is 2. The lowest BCUT2D eigenvalue weighted by Gasteiger charge is -2.12. The highest BCUT2D eigenvalue weighted by Gasteiger charge is 2.20. The summed E-state index contributed by atoms with van der Waals surface area (Å²) in [7, 11) is 1.57. The van der Waals surface area contributed by atoms with E-state index in [1.165, 1.54) is 15.6 Å². The molecule has 20 heavy (non-hydrogen) atoms. The third kappa shape index (κ3) is 2.72. The van der Waals surface area contributed by atoms with Crippen molar-refractivity contribution in [3.63, 3.8) is 0 Å². The van der Waals surface area contributed by atoms with Gasteiger partial charge in [0.2, 0.25) is 5.91 Å². The lowest BCUT2D eigenvalue weighted by molar-refractivity contribution is -0.119. The van der Waals surface area contributed by atoms with Crippen molar-refractivity contribution < 1.29 is 9.59 Å². The molecule has 0 fully saturated rings. The Balaban J connectivity index is 2.18. The molecule has 0 aliphatic heterocycles. The van der Waals surface area contributed by atoms with Crippen LogP contribution in [0, 0.1) is 0 Å². The first-order valence-electron chi connectivity index (χ1n) is 5.72. The molecule has 2 amide bonds. The summed E-state index contributed by atoms with van der Waals surface area (Å²) in [5, 5.41) is 10.6. The van der Waals surface area contributed by atoms with E-state index in [0.29, 0.717) is 0 Å². The standard InChI is InChI=1S/C11H13BrN6O2/c1-6(18-5-7(12)3-15-18)11(20)16-8-4-14-17(2)9(8)10(13)19/h3-6H,1-2H3,(H2,13,19)(H,16,20). The average molecular weight is 341 g/mol. The Labute approximate surface area is 123 Å². The van der Waals surface area contributed by atoms with Crippen molar-refractivity contribution in [2.24, 2.45) is 12.8 Å². The minimum atomic E-state index is -0.658. The van der Waals surface area contributed by atoms with Crippen LogP contribution in [-0.2, 0) is 11.8 Å². The van der Waals surface area contributed by atoms with E-state index in [1.54, 1.807) is 26.4 Å². The van der Waals surface area contributed by atoms with Gasteiger partial charge in [-0.3, -0.25) is 19.0 Å². The summed E-state index contributed by atoms with van der Waals surface area (Å²) in [5.41, 5.74) is 5.68. The van der Waals surface area contributed by atoms with E-state index in [-0.39, 0.29) is 17.3 Å². The summed E-state index contributed by atoms with van der Waals surface area (Å²) in [6.07, 6.45) is 4.65. The summed E-state index contributed by atoms with van der Waals surface area (Å²) in [4.78, 5) is 23.4. The van der Waals surface area contributed by atoms with Gasteiger partial charge in [0.1, 0.15) is 11.7 Å². The van der Waals surface area contributed by atoms with E-state index in [1.807, 2.05) is 0 Å². The number of amides is 2. The van der Waals surface area contributed by atoms with Crippen LogP contribution in [0.5, 0.6) is 0 Å². The van der Waals surface area contributed by atoms with Gasteiger partial charge >= 0.3 is 0 Å². The highest BCUT2D eigenvalue weighted by Crippen LogP contribution is 2.17. The molecule has 0 aromatic carbocycles. The molecule has 0 saturated heterocycles. The topological polar surface area (TPSA) is 108 Å². The largest absolute Gasteiger partial charge is 0.364 e. The van der Waals surface area contributed by atoms with Gasteiger partial charge in [-0.05, 0) is 22.9 Å². The smallest absolute Gasteiger partial charge is 0.269 e. The number of nitrogens with two attached hydrogens (primary N) is 1. The zero-order valence-corrected chi connectivity index (χ0v) is 12.5. The number of aromatic nitrogens is 4. The molecule has 2 aromatic rings. The monoisotopic (exact) mass is 340 g/mol. The quantitative estimate of drug-likeness (QED) is 0.852. The van der Waals surface area contributed by atoms with Crippen LogP contribution in [0.2, 0.25) is 0 Å². The summed E-state index contributed by atoms with van der Waals surface area (Å²) in [5.74, 6) is -0.981. The van der Waals surface area contributed by atoms with Gasteiger partial charge in [0.15, 0.2) is 0 Å². The van der Waals surface area contributed by atoms with Gasteiger partial charge in [-0.2, -0.15) is 10.2 Å². The van der Waals surface area contributed by atoms with Gasteiger partial charge in [-0.15, -0.1) is 0 Å². The van der Waals surface area contributed by atoms with E-state index in [0.717, 1.165) is 4.47 Å². The second-order valence-corrected chi connectivity index (χ2v) is 5.11. The van der Waals surface area contributed by atoms with Crippen LogP contribution >= 0.6 is 15.9 Å². The molecule has 1 atom stereocenters. The number of carbonyl (C=O) groups is 2. The number of aryl methyl sites for hydroxylation is 1. The average Bonchev–Trinajstić information content (AvgIpc) is 2.95. The van der Waals surface area contributed by atoms with E-state index in [9.17, 15) is 9.59 Å². The minimum absolute atomic E-state index is 0.146. The maximum atomic E-state index is 12.1. The van der Waals surface area contributed by atoms with Crippen LogP contribution in [0.1, 0.15) is 23.5 Å². The number of rotatable bonds is 4. The molecule has 0 radical (unpaired) electrons. The molecule has 0 saturated carbocycles. The summed E-state index contributed by atoms with van der Waals surface area (Å²) in [6.45, 7) is 1.69. The maximum Gasteiger partial charge on any atom is 0.269 e. The first-order chi connectivity index (χ1) is 9.40. The number of halogens is 1. The van der Waals surface area contributed by atoms with Gasteiger partial charge in [0.05, 0.1) is 22.6 Å². The summed E-state index contributed by atoms with van der Waals surface area (Å²) < 4.78 is 3.59. The molecule has 0 bridgehead atoms. The van der Waals surface area contributed by atoms with Crippen LogP contribution in [0.4, 0.5) is 5.69 Å². The Morgan fingerprint density at radius 1 is 1.40 bits per heavy atom. The molecule has 8 nitrogen and oxygen atoms in total. The molecule has 2 rings (SSSR count). The van der Waals surface area contributed by atoms with E-state index in [4.69, 9.17) is 5.73 Å². The van der Waals surface area contributed by atoms with Gasteiger partial charge in [0, 0.05) is 13.2 Å². The third-order valence-corrected chi connectivity index (χ3v) is 3.19. The number of nitrogens with zero attached hydrogens (tertiary/aromatic N) is 4. The van der Waals surface area contributed by atoms with Gasteiger partial charge in [0.25, 0.3) is 5.91 Å². The highest BCUT2D eigenvalue weighted by molar-refractivity contribution is 9.10. The fraction of sp³-hybridized carbons (Fsp3) is 0.273. The second kappa shape index (κ2) is 5.45. The van der Waals surface area contributed by atoms with Crippen molar-refractivity contribution in [1.82, 2.24) is 19.6 Å². The van der Waals surface area contributed by atoms with Crippen LogP contribution < -0.4 is 11.1 Å². The molecular formula is C11H13BrN6O2. The van der Waals surface area contributed by atoms with Crippen molar-refractivity contribution in [1.29, 1.82) is 0 Å². The van der Waals surface area contributed by atoms with Crippen molar-refractivity contribution in [3.05, 3.63) is 28.8 Å². The molecule has 0 aliphatic rings. The molecular weight excluding hydrogens is 328 g/mol. The van der Waals surface area contributed by atoms with Crippen molar-refractivity contribution in [2.75, 3.05) is 5.32 Å². The van der Waals surface area contributed by atoms with Crippen molar-refractivity contribution >= 4 is 33.4 Å². The lowest BCUT2D eigenvalue weighted by Crippen LogP contribution is -2.26. The molecule has 0 spiro atoms. The predicted molar refractivity (Wildman–Crippen MR) is 75.0 cm³/mol. The van der Waals surface area contributed by atoms with E-state index < -0.39 is 11.9 Å². The lowest BCUT2D eigenvalue weighted by atomic mass is 10.3. The maximum absolute atomic E-state index is 12.1. The summed E-state index contributed by atoms with van der Waals surface area (Å²) in [6, 6.07) is -0.540. The van der Waals surface area contributed by atoms with Crippen LogP contribution in [0.25, 0.3) is 0 Å². The Morgan fingerprint density at radius 3 is 2.65 bits per heavy atom. The number of primary amides is 1.